The molecular formula is C59H94N6O17. The maximum absolute atomic E-state index is 14.7. The highest BCUT2D eigenvalue weighted by molar-refractivity contribution is 6.12. The van der Waals surface area contributed by atoms with E-state index in [2.05, 4.69) is 10.6 Å². The molecule has 2 saturated heterocycles. The first-order valence-electron chi connectivity index (χ1n) is 29.0. The molecule has 2 N–H and O–H groups in total. The molecule has 462 valence electrons. The van der Waals surface area contributed by atoms with E-state index >= 15 is 0 Å². The van der Waals surface area contributed by atoms with Crippen molar-refractivity contribution in [2.75, 3.05) is 127 Å². The monoisotopic (exact) mass is 1160 g/mol. The Morgan fingerprint density at radius 1 is 0.720 bits per heavy atom. The zero-order valence-electron chi connectivity index (χ0n) is 50.2. The van der Waals surface area contributed by atoms with Gasteiger partial charge in [-0.1, -0.05) is 71.4 Å². The van der Waals surface area contributed by atoms with Crippen molar-refractivity contribution in [2.24, 2.45) is 17.8 Å². The van der Waals surface area contributed by atoms with Crippen LogP contribution in [0.2, 0.25) is 0 Å². The molecule has 2 fully saturated rings. The van der Waals surface area contributed by atoms with E-state index in [1.54, 1.807) is 35.6 Å². The van der Waals surface area contributed by atoms with Gasteiger partial charge in [0.25, 0.3) is 11.8 Å². The number of nitrogens with zero attached hydrogens (tertiary/aromatic N) is 4. The van der Waals surface area contributed by atoms with Crippen molar-refractivity contribution in [1.29, 1.82) is 0 Å². The van der Waals surface area contributed by atoms with E-state index in [9.17, 15) is 38.4 Å². The van der Waals surface area contributed by atoms with Gasteiger partial charge in [-0.25, -0.2) is 4.79 Å². The van der Waals surface area contributed by atoms with Gasteiger partial charge in [0, 0.05) is 52.9 Å². The summed E-state index contributed by atoms with van der Waals surface area (Å²) in [5.74, 6) is -4.09. The number of carbonyl (C=O) groups is 8. The third-order valence-corrected chi connectivity index (χ3v) is 15.7. The summed E-state index contributed by atoms with van der Waals surface area (Å²) in [5.41, 5.74) is -0.347. The van der Waals surface area contributed by atoms with Crippen LogP contribution in [0, 0.1) is 17.8 Å². The maximum atomic E-state index is 14.7. The standard InChI is InChI=1S/C59H94N6O17/c1-11-42(4)53(47(74-8)40-51(69)63-24-15-19-46(63)54(75-9)43(5)55(70)60-45(57(72)76-10)39-44-17-13-12-14-18-44)62(7)56(71)52(41(2)3)61-58(73)59(6)23-16-25-65(59)50(68)22-27-77-29-31-79-33-35-81-37-38-82-36-34-80-32-30-78-28-26-64-48(66)20-21-49(64)67/h12-14,17-18,20-21,41-43,45-47,52-54H,11,15-16,19,22-40H2,1-10H3,(H,60,70)(H,61,73)/t42-,43+,45-,46-,47+,52-,53?,54+,59-/m0/s1. The number of likely N-dealkylation sites (tertiary alicyclic amines) is 2. The molecule has 1 aromatic rings. The minimum atomic E-state index is -1.20. The number of imide groups is 1. The molecule has 0 radical (unpaired) electrons. The van der Waals surface area contributed by atoms with Gasteiger partial charge in [0.1, 0.15) is 17.6 Å². The number of methoxy groups -OCH3 is 3. The molecule has 1 aromatic carbocycles. The number of carbonyl (C=O) groups excluding carboxylic acids is 8. The number of ether oxygens (including phenoxy) is 9. The SMILES string of the molecule is CC[C@H](C)C([C@@H](CC(=O)N1CCC[C@H]1[C@H](OC)[C@@H](C)C(=O)N[C@@H](Cc1ccccc1)C(=O)OC)OC)N(C)C(=O)[C@@H](NC(=O)[C@]1(C)CCCN1C(=O)CCOCCOCCOCCOCCOCCOCCN1C(=O)C=CC1=O)C(C)C. The highest BCUT2D eigenvalue weighted by Gasteiger charge is 2.48. The van der Waals surface area contributed by atoms with Gasteiger partial charge in [0.05, 0.1) is 136 Å². The summed E-state index contributed by atoms with van der Waals surface area (Å²) in [7, 11) is 5.98. The Bertz CT molecular complexity index is 2190. The van der Waals surface area contributed by atoms with E-state index in [1.807, 2.05) is 58.0 Å². The number of benzene rings is 1. The molecule has 23 heteroatoms. The number of rotatable bonds is 40. The number of hydrogen-bond acceptors (Lipinski definition) is 17. The average molecular weight is 1160 g/mol. The largest absolute Gasteiger partial charge is 0.467 e. The van der Waals surface area contributed by atoms with Crippen LogP contribution in [0.4, 0.5) is 0 Å². The predicted octanol–water partition coefficient (Wildman–Crippen LogP) is 2.74. The smallest absolute Gasteiger partial charge is 0.328 e. The van der Waals surface area contributed by atoms with E-state index in [4.69, 9.17) is 42.6 Å². The Balaban J connectivity index is 1.19. The van der Waals surface area contributed by atoms with Crippen LogP contribution in [0.25, 0.3) is 0 Å². The number of likely N-dealkylation sites (N-methyl/N-ethyl adjacent to an activating group) is 1. The van der Waals surface area contributed by atoms with Crippen LogP contribution in [-0.2, 0) is 87.4 Å². The van der Waals surface area contributed by atoms with E-state index in [-0.39, 0.29) is 87.0 Å². The van der Waals surface area contributed by atoms with E-state index in [1.165, 1.54) is 33.5 Å². The van der Waals surface area contributed by atoms with Crippen LogP contribution in [0.15, 0.2) is 42.5 Å². The van der Waals surface area contributed by atoms with E-state index in [0.717, 1.165) is 10.5 Å². The van der Waals surface area contributed by atoms with Crippen LogP contribution >= 0.6 is 0 Å². The van der Waals surface area contributed by atoms with Crippen molar-refractivity contribution in [1.82, 2.24) is 30.2 Å². The van der Waals surface area contributed by atoms with E-state index < -0.39 is 65.6 Å². The first-order valence-corrected chi connectivity index (χ1v) is 29.0. The normalized spacial score (nSPS) is 19.7. The molecular weight excluding hydrogens is 1060 g/mol. The lowest BCUT2D eigenvalue weighted by Crippen LogP contribution is -2.62. The molecule has 23 nitrogen and oxygen atoms in total. The summed E-state index contributed by atoms with van der Waals surface area (Å²) < 4.78 is 50.3. The molecule has 0 aliphatic carbocycles. The second-order valence-electron chi connectivity index (χ2n) is 21.6. The highest BCUT2D eigenvalue weighted by Crippen LogP contribution is 2.32. The molecule has 7 amide bonds. The quantitative estimate of drug-likeness (QED) is 0.0544. The Morgan fingerprint density at radius 3 is 1.80 bits per heavy atom. The molecule has 1 unspecified atom stereocenters. The first-order chi connectivity index (χ1) is 39.3. The zero-order chi connectivity index (χ0) is 60.2. The first kappa shape index (κ1) is 69.1. The van der Waals surface area contributed by atoms with Gasteiger partial charge in [-0.2, -0.15) is 0 Å². The fourth-order valence-corrected chi connectivity index (χ4v) is 10.7. The van der Waals surface area contributed by atoms with Gasteiger partial charge >= 0.3 is 5.97 Å². The van der Waals surface area contributed by atoms with Crippen LogP contribution < -0.4 is 10.6 Å². The highest BCUT2D eigenvalue weighted by atomic mass is 16.6. The lowest BCUT2D eigenvalue weighted by atomic mass is 9.89. The topological polar surface area (TPSA) is 257 Å². The lowest BCUT2D eigenvalue weighted by molar-refractivity contribution is -0.150. The predicted molar refractivity (Wildman–Crippen MR) is 302 cm³/mol. The van der Waals surface area contributed by atoms with Gasteiger partial charge in [0.15, 0.2) is 0 Å². The van der Waals surface area contributed by atoms with Gasteiger partial charge in [-0.05, 0) is 50.0 Å². The summed E-state index contributed by atoms with van der Waals surface area (Å²) in [5, 5.41) is 5.89. The van der Waals surface area contributed by atoms with Gasteiger partial charge < -0.3 is 68.0 Å². The second kappa shape index (κ2) is 36.3. The molecule has 0 bridgehead atoms. The van der Waals surface area contributed by atoms with Crippen molar-refractivity contribution in [3.05, 3.63) is 48.0 Å². The zero-order valence-corrected chi connectivity index (χ0v) is 50.2. The molecule has 82 heavy (non-hydrogen) atoms. The molecule has 0 aromatic heterocycles. The third-order valence-electron chi connectivity index (χ3n) is 15.7. The van der Waals surface area contributed by atoms with Gasteiger partial charge in [0.2, 0.25) is 29.5 Å². The second-order valence-corrected chi connectivity index (χ2v) is 21.6. The number of nitrogens with one attached hydrogen (secondary N) is 2. The molecule has 9 atom stereocenters. The van der Waals surface area contributed by atoms with Crippen LogP contribution in [0.1, 0.15) is 92.1 Å². The van der Waals surface area contributed by atoms with E-state index in [0.29, 0.717) is 105 Å². The van der Waals surface area contributed by atoms with Crippen molar-refractivity contribution in [3.63, 3.8) is 0 Å². The summed E-state index contributed by atoms with van der Waals surface area (Å²) in [6.45, 7) is 16.1. The van der Waals surface area contributed by atoms with Crippen LogP contribution in [-0.4, -0.2) is 236 Å². The third kappa shape index (κ3) is 20.7. The number of amides is 7. The molecule has 3 aliphatic rings. The number of hydrogen-bond donors (Lipinski definition) is 2. The summed E-state index contributed by atoms with van der Waals surface area (Å²) in [4.78, 5) is 113. The molecule has 0 saturated carbocycles. The fraction of sp³-hybridized carbons (Fsp3) is 0.729. The Labute approximate surface area is 485 Å². The van der Waals surface area contributed by atoms with Crippen LogP contribution in [0.5, 0.6) is 0 Å². The molecule has 3 heterocycles. The van der Waals surface area contributed by atoms with Crippen molar-refractivity contribution >= 4 is 47.3 Å². The maximum Gasteiger partial charge on any atom is 0.328 e. The average Bonchev–Trinajstić information content (AvgIpc) is 4.09. The molecule has 3 aliphatic heterocycles. The summed E-state index contributed by atoms with van der Waals surface area (Å²) >= 11 is 0. The Morgan fingerprint density at radius 2 is 1.28 bits per heavy atom. The molecule has 0 spiro atoms. The van der Waals surface area contributed by atoms with Gasteiger partial charge in [-0.3, -0.25) is 38.5 Å². The fourth-order valence-electron chi connectivity index (χ4n) is 10.7. The van der Waals surface area contributed by atoms with Gasteiger partial charge in [-0.15, -0.1) is 0 Å². The van der Waals surface area contributed by atoms with Crippen LogP contribution in [0.3, 0.4) is 0 Å². The minimum absolute atomic E-state index is 0.0579. The van der Waals surface area contributed by atoms with Crippen molar-refractivity contribution in [2.45, 2.75) is 135 Å². The summed E-state index contributed by atoms with van der Waals surface area (Å²) in [6.07, 6.45) is 4.23. The minimum Gasteiger partial charge on any atom is -0.467 e. The Hall–Kier alpha value is -5.40. The number of esters is 1. The van der Waals surface area contributed by atoms with Crippen molar-refractivity contribution in [3.8, 4) is 0 Å². The molecule has 4 rings (SSSR count). The van der Waals surface area contributed by atoms with Crippen molar-refractivity contribution < 1.29 is 81.0 Å². The summed E-state index contributed by atoms with van der Waals surface area (Å²) in [6, 6.07) is 6.41. The lowest BCUT2D eigenvalue weighted by Gasteiger charge is -2.41. The Kier molecular flexibility index (Phi) is 30.6.